The molecular formula is C19H23NO3S. The molecule has 1 fully saturated rings. The molecule has 1 aliphatic rings. The number of sulfonamides is 1. The Labute approximate surface area is 144 Å². The van der Waals surface area contributed by atoms with E-state index in [1.807, 2.05) is 36.4 Å². The summed E-state index contributed by atoms with van der Waals surface area (Å²) < 4.78 is 32.9. The largest absolute Gasteiger partial charge is 0.497 e. The maximum absolute atomic E-state index is 13.0. The molecule has 1 saturated carbocycles. The predicted octanol–water partition coefficient (Wildman–Crippen LogP) is 3.61. The molecule has 0 aliphatic heterocycles. The van der Waals surface area contributed by atoms with Gasteiger partial charge in [0.25, 0.3) is 0 Å². The number of nitrogens with zero attached hydrogens (tertiary/aromatic N) is 1. The first-order chi connectivity index (χ1) is 11.5. The van der Waals surface area contributed by atoms with Crippen LogP contribution in [0.5, 0.6) is 5.75 Å². The molecular weight excluding hydrogens is 322 g/mol. The number of methoxy groups -OCH3 is 1. The predicted molar refractivity (Wildman–Crippen MR) is 94.6 cm³/mol. The van der Waals surface area contributed by atoms with Crippen LogP contribution in [-0.2, 0) is 23.0 Å². The lowest BCUT2D eigenvalue weighted by molar-refractivity contribution is 0.397. The zero-order chi connectivity index (χ0) is 17.2. The van der Waals surface area contributed by atoms with E-state index in [1.54, 1.807) is 23.5 Å². The molecule has 24 heavy (non-hydrogen) atoms. The first-order valence-corrected chi connectivity index (χ1v) is 9.72. The summed E-state index contributed by atoms with van der Waals surface area (Å²) in [4.78, 5) is 0.375. The lowest BCUT2D eigenvalue weighted by atomic mass is 10.2. The third kappa shape index (κ3) is 3.62. The summed E-state index contributed by atoms with van der Waals surface area (Å²) >= 11 is 0. The Balaban J connectivity index is 1.85. The summed E-state index contributed by atoms with van der Waals surface area (Å²) in [5.74, 6) is 0.773. The van der Waals surface area contributed by atoms with E-state index in [9.17, 15) is 8.42 Å². The summed E-state index contributed by atoms with van der Waals surface area (Å²) in [6.07, 6.45) is 2.77. The fraction of sp³-hybridized carbons (Fsp3) is 0.368. The topological polar surface area (TPSA) is 46.6 Å². The molecule has 3 rings (SSSR count). The molecule has 0 spiro atoms. The van der Waals surface area contributed by atoms with Gasteiger partial charge in [-0.2, -0.15) is 4.31 Å². The lowest BCUT2D eigenvalue weighted by Gasteiger charge is -2.22. The van der Waals surface area contributed by atoms with E-state index in [2.05, 4.69) is 6.92 Å². The van der Waals surface area contributed by atoms with Gasteiger partial charge >= 0.3 is 0 Å². The number of hydrogen-bond donors (Lipinski definition) is 0. The second-order valence-electron chi connectivity index (χ2n) is 6.13. The SMILES string of the molecule is CCc1ccc(S(=O)(=O)N(Cc2ccc(OC)cc2)C2CC2)cc1. The van der Waals surface area contributed by atoms with E-state index >= 15 is 0 Å². The number of rotatable bonds is 7. The van der Waals surface area contributed by atoms with Gasteiger partial charge in [0, 0.05) is 12.6 Å². The van der Waals surface area contributed by atoms with Crippen molar-refractivity contribution in [2.75, 3.05) is 7.11 Å². The van der Waals surface area contributed by atoms with Crippen molar-refractivity contribution in [2.24, 2.45) is 0 Å². The molecule has 5 heteroatoms. The van der Waals surface area contributed by atoms with Gasteiger partial charge in [-0.1, -0.05) is 31.2 Å². The van der Waals surface area contributed by atoms with Gasteiger partial charge in [-0.3, -0.25) is 0 Å². The van der Waals surface area contributed by atoms with Crippen LogP contribution in [0.15, 0.2) is 53.4 Å². The molecule has 1 aliphatic carbocycles. The van der Waals surface area contributed by atoms with Crippen LogP contribution >= 0.6 is 0 Å². The average Bonchev–Trinajstić information content (AvgIpc) is 3.45. The third-order valence-corrected chi connectivity index (χ3v) is 6.30. The minimum Gasteiger partial charge on any atom is -0.497 e. The first kappa shape index (κ1) is 17.0. The minimum absolute atomic E-state index is 0.114. The van der Waals surface area contributed by atoms with Crippen molar-refractivity contribution in [3.63, 3.8) is 0 Å². The molecule has 4 nitrogen and oxygen atoms in total. The van der Waals surface area contributed by atoms with E-state index in [0.29, 0.717) is 11.4 Å². The van der Waals surface area contributed by atoms with Crippen molar-refractivity contribution in [1.82, 2.24) is 4.31 Å². The fourth-order valence-electron chi connectivity index (χ4n) is 2.72. The van der Waals surface area contributed by atoms with Crippen molar-refractivity contribution in [3.8, 4) is 5.75 Å². The Morgan fingerprint density at radius 2 is 1.58 bits per heavy atom. The third-order valence-electron chi connectivity index (χ3n) is 4.39. The van der Waals surface area contributed by atoms with Crippen LogP contribution < -0.4 is 4.74 Å². The second kappa shape index (κ2) is 6.95. The standard InChI is InChI=1S/C19H23NO3S/c1-3-15-6-12-19(13-7-15)24(21,22)20(17-8-9-17)14-16-4-10-18(23-2)11-5-16/h4-7,10-13,17H,3,8-9,14H2,1-2H3. The molecule has 0 bridgehead atoms. The van der Waals surface area contributed by atoms with E-state index < -0.39 is 10.0 Å². The maximum atomic E-state index is 13.0. The summed E-state index contributed by atoms with van der Waals surface area (Å²) in [6.45, 7) is 2.45. The molecule has 2 aromatic rings. The summed E-state index contributed by atoms with van der Waals surface area (Å²) in [5, 5.41) is 0. The van der Waals surface area contributed by atoms with Crippen LogP contribution in [0.1, 0.15) is 30.9 Å². The minimum atomic E-state index is -3.47. The monoisotopic (exact) mass is 345 g/mol. The van der Waals surface area contributed by atoms with Crippen molar-refractivity contribution in [1.29, 1.82) is 0 Å². The van der Waals surface area contributed by atoms with Crippen LogP contribution in [0.25, 0.3) is 0 Å². The van der Waals surface area contributed by atoms with E-state index in [0.717, 1.165) is 36.1 Å². The lowest BCUT2D eigenvalue weighted by Crippen LogP contribution is -2.32. The molecule has 0 unspecified atom stereocenters. The van der Waals surface area contributed by atoms with Crippen LogP contribution in [0.2, 0.25) is 0 Å². The smallest absolute Gasteiger partial charge is 0.243 e. The van der Waals surface area contributed by atoms with Gasteiger partial charge in [0.1, 0.15) is 5.75 Å². The van der Waals surface area contributed by atoms with Crippen LogP contribution in [0.4, 0.5) is 0 Å². The summed E-state index contributed by atoms with van der Waals surface area (Å²) in [5.41, 5.74) is 2.11. The summed E-state index contributed by atoms with van der Waals surface area (Å²) in [7, 11) is -1.85. The molecule has 0 amide bonds. The number of benzene rings is 2. The molecule has 0 saturated heterocycles. The Hall–Kier alpha value is -1.85. The van der Waals surface area contributed by atoms with Crippen molar-refractivity contribution in [3.05, 3.63) is 59.7 Å². The Bertz CT molecular complexity index is 778. The van der Waals surface area contributed by atoms with E-state index in [4.69, 9.17) is 4.74 Å². The molecule has 0 aromatic heterocycles. The average molecular weight is 345 g/mol. The van der Waals surface area contributed by atoms with Gasteiger partial charge < -0.3 is 4.74 Å². The molecule has 0 atom stereocenters. The van der Waals surface area contributed by atoms with Crippen molar-refractivity contribution >= 4 is 10.0 Å². The number of hydrogen-bond acceptors (Lipinski definition) is 3. The number of aryl methyl sites for hydroxylation is 1. The van der Waals surface area contributed by atoms with Crippen LogP contribution in [-0.4, -0.2) is 25.9 Å². The first-order valence-electron chi connectivity index (χ1n) is 8.28. The van der Waals surface area contributed by atoms with Gasteiger partial charge in [0.15, 0.2) is 0 Å². The quantitative estimate of drug-likeness (QED) is 0.770. The zero-order valence-corrected chi connectivity index (χ0v) is 14.9. The summed E-state index contributed by atoms with van der Waals surface area (Å²) in [6, 6.07) is 14.9. The van der Waals surface area contributed by atoms with Gasteiger partial charge in [0.05, 0.1) is 12.0 Å². The normalized spacial score (nSPS) is 14.8. The fourth-order valence-corrected chi connectivity index (χ4v) is 4.39. The maximum Gasteiger partial charge on any atom is 0.243 e. The highest BCUT2D eigenvalue weighted by molar-refractivity contribution is 7.89. The van der Waals surface area contributed by atoms with Crippen molar-refractivity contribution in [2.45, 2.75) is 43.7 Å². The van der Waals surface area contributed by atoms with Gasteiger partial charge in [-0.15, -0.1) is 0 Å². The highest BCUT2D eigenvalue weighted by atomic mass is 32.2. The molecule has 0 radical (unpaired) electrons. The highest BCUT2D eigenvalue weighted by Gasteiger charge is 2.38. The van der Waals surface area contributed by atoms with E-state index in [-0.39, 0.29) is 6.04 Å². The van der Waals surface area contributed by atoms with Crippen molar-refractivity contribution < 1.29 is 13.2 Å². The van der Waals surface area contributed by atoms with E-state index in [1.165, 1.54) is 0 Å². The van der Waals surface area contributed by atoms with Gasteiger partial charge in [-0.05, 0) is 54.7 Å². The zero-order valence-electron chi connectivity index (χ0n) is 14.1. The van der Waals surface area contributed by atoms with Crippen LogP contribution in [0.3, 0.4) is 0 Å². The molecule has 128 valence electrons. The Kier molecular flexibility index (Phi) is 4.92. The molecule has 0 N–H and O–H groups in total. The second-order valence-corrected chi connectivity index (χ2v) is 8.02. The highest BCUT2D eigenvalue weighted by Crippen LogP contribution is 2.33. The number of ether oxygens (including phenoxy) is 1. The van der Waals surface area contributed by atoms with Crippen LogP contribution in [0, 0.1) is 0 Å². The van der Waals surface area contributed by atoms with Gasteiger partial charge in [0.2, 0.25) is 10.0 Å². The Morgan fingerprint density at radius 3 is 2.08 bits per heavy atom. The molecule has 0 heterocycles. The van der Waals surface area contributed by atoms with Gasteiger partial charge in [-0.25, -0.2) is 8.42 Å². The molecule has 2 aromatic carbocycles. The Morgan fingerprint density at radius 1 is 1.00 bits per heavy atom.